The number of hydrogen-bond acceptors (Lipinski definition) is 3. The van der Waals surface area contributed by atoms with Gasteiger partial charge in [-0.3, -0.25) is 9.36 Å². The maximum absolute atomic E-state index is 13.9. The zero-order valence-corrected chi connectivity index (χ0v) is 23.7. The van der Waals surface area contributed by atoms with E-state index >= 15 is 0 Å². The first kappa shape index (κ1) is 27.8. The van der Waals surface area contributed by atoms with E-state index < -0.39 is 29.3 Å². The van der Waals surface area contributed by atoms with Crippen molar-refractivity contribution in [1.82, 2.24) is 4.57 Å². The molecule has 9 heteroatoms. The predicted octanol–water partition coefficient (Wildman–Crippen LogP) is 7.69. The number of aromatic nitrogens is 1. The number of carboxylic acid groups (broad SMARTS) is 1. The molecule has 6 rings (SSSR count). The molecule has 5 nitrogen and oxygen atoms in total. The normalized spacial score (nSPS) is 14.8. The van der Waals surface area contributed by atoms with Crippen LogP contribution in [-0.2, 0) is 23.9 Å². The lowest BCUT2D eigenvalue weighted by Gasteiger charge is -2.25. The average molecular weight is 633 g/mol. The van der Waals surface area contributed by atoms with Gasteiger partial charge in [0.2, 0.25) is 0 Å². The van der Waals surface area contributed by atoms with Crippen LogP contribution >= 0.6 is 15.9 Å². The lowest BCUT2D eigenvalue weighted by molar-refractivity contribution is -0.140. The van der Waals surface area contributed by atoms with Crippen molar-refractivity contribution in [2.75, 3.05) is 11.4 Å². The minimum atomic E-state index is -4.59. The molecule has 0 radical (unpaired) electrons. The number of alkyl halides is 3. The van der Waals surface area contributed by atoms with Gasteiger partial charge < -0.3 is 10.0 Å². The quantitative estimate of drug-likeness (QED) is 0.208. The first-order valence-corrected chi connectivity index (χ1v) is 14.1. The molecule has 1 atom stereocenters. The predicted molar refractivity (Wildman–Crippen MR) is 160 cm³/mol. The summed E-state index contributed by atoms with van der Waals surface area (Å²) in [5.41, 5.74) is 1.50. The molecule has 212 valence electrons. The van der Waals surface area contributed by atoms with E-state index in [0.717, 1.165) is 34.0 Å². The summed E-state index contributed by atoms with van der Waals surface area (Å²) in [6.07, 6.45) is -4.36. The van der Waals surface area contributed by atoms with E-state index in [2.05, 4.69) is 15.9 Å². The number of hydrogen-bond donors (Lipinski definition) is 1. The monoisotopic (exact) mass is 632 g/mol. The van der Waals surface area contributed by atoms with Crippen LogP contribution in [0.25, 0.3) is 21.9 Å². The SMILES string of the molecule is O=C(O)C1CN(Cc2ccccc2)c2c(-c3cccc(C(F)(F)F)c3)c(Cc3cccc4ccccc34)c(Br)c(=O)n21. The molecule has 1 N–H and O–H groups in total. The van der Waals surface area contributed by atoms with Crippen LogP contribution < -0.4 is 10.5 Å². The van der Waals surface area contributed by atoms with Crippen LogP contribution in [0.4, 0.5) is 19.0 Å². The zero-order valence-electron chi connectivity index (χ0n) is 22.1. The Morgan fingerprint density at radius 1 is 0.929 bits per heavy atom. The molecule has 0 amide bonds. The van der Waals surface area contributed by atoms with Gasteiger partial charge in [-0.25, -0.2) is 4.79 Å². The summed E-state index contributed by atoms with van der Waals surface area (Å²) < 4.78 is 43.0. The first-order valence-electron chi connectivity index (χ1n) is 13.3. The standard InChI is InChI=1S/C33H24BrF3N2O3/c34-29-26(17-22-12-6-11-21-10-4-5-15-25(21)22)28(23-13-7-14-24(16-23)33(35,36)37)30-38(18-20-8-2-1-3-9-20)19-27(32(41)42)39(30)31(29)40/h1-16,27H,17-19H2,(H,41,42). The fraction of sp³-hybridized carbons (Fsp3) is 0.152. The van der Waals surface area contributed by atoms with Gasteiger partial charge in [0.1, 0.15) is 5.82 Å². The van der Waals surface area contributed by atoms with E-state index in [0.29, 0.717) is 11.1 Å². The lowest BCUT2D eigenvalue weighted by Crippen LogP contribution is -2.29. The number of rotatable bonds is 6. The number of aliphatic carboxylic acids is 1. The number of halogens is 4. The maximum Gasteiger partial charge on any atom is 0.416 e. The maximum atomic E-state index is 13.9. The minimum Gasteiger partial charge on any atom is -0.480 e. The zero-order chi connectivity index (χ0) is 29.6. The summed E-state index contributed by atoms with van der Waals surface area (Å²) in [5.74, 6) is -0.911. The Balaban J connectivity index is 1.66. The number of fused-ring (bicyclic) bond motifs is 2. The summed E-state index contributed by atoms with van der Waals surface area (Å²) >= 11 is 3.46. The van der Waals surface area contributed by atoms with Crippen molar-refractivity contribution in [1.29, 1.82) is 0 Å². The lowest BCUT2D eigenvalue weighted by atomic mass is 9.92. The van der Waals surface area contributed by atoms with E-state index in [1.807, 2.05) is 72.8 Å². The molecule has 4 aromatic carbocycles. The highest BCUT2D eigenvalue weighted by Crippen LogP contribution is 2.44. The van der Waals surface area contributed by atoms with Crippen molar-refractivity contribution < 1.29 is 23.1 Å². The van der Waals surface area contributed by atoms with Gasteiger partial charge in [0.15, 0.2) is 6.04 Å². The van der Waals surface area contributed by atoms with Gasteiger partial charge in [-0.2, -0.15) is 13.2 Å². The number of carboxylic acids is 1. The highest BCUT2D eigenvalue weighted by molar-refractivity contribution is 9.10. The summed E-state index contributed by atoms with van der Waals surface area (Å²) in [4.78, 5) is 28.1. The van der Waals surface area contributed by atoms with Crippen molar-refractivity contribution in [3.63, 3.8) is 0 Å². The molecule has 5 aromatic rings. The van der Waals surface area contributed by atoms with Crippen LogP contribution in [0.15, 0.2) is 106 Å². The molecule has 0 saturated heterocycles. The highest BCUT2D eigenvalue weighted by Gasteiger charge is 2.39. The van der Waals surface area contributed by atoms with Crippen LogP contribution in [0.2, 0.25) is 0 Å². The van der Waals surface area contributed by atoms with Gasteiger partial charge in [0, 0.05) is 18.5 Å². The fourth-order valence-corrected chi connectivity index (χ4v) is 6.29. The van der Waals surface area contributed by atoms with Crippen molar-refractivity contribution in [2.24, 2.45) is 0 Å². The molecule has 1 aliphatic heterocycles. The van der Waals surface area contributed by atoms with Gasteiger partial charge >= 0.3 is 12.1 Å². The van der Waals surface area contributed by atoms with Gasteiger partial charge in [0.05, 0.1) is 16.6 Å². The second kappa shape index (κ2) is 10.8. The third-order valence-electron chi connectivity index (χ3n) is 7.66. The van der Waals surface area contributed by atoms with Crippen LogP contribution in [0, 0.1) is 0 Å². The van der Waals surface area contributed by atoms with E-state index in [4.69, 9.17) is 0 Å². The Bertz CT molecular complexity index is 1880. The second-order valence-corrected chi connectivity index (χ2v) is 11.1. The molecule has 0 fully saturated rings. The Labute approximate surface area is 247 Å². The Hall–Kier alpha value is -4.37. The van der Waals surface area contributed by atoms with Gasteiger partial charge in [0.25, 0.3) is 5.56 Å². The van der Waals surface area contributed by atoms with Crippen molar-refractivity contribution in [3.8, 4) is 11.1 Å². The Morgan fingerprint density at radius 2 is 1.62 bits per heavy atom. The van der Waals surface area contributed by atoms with Crippen LogP contribution in [0.5, 0.6) is 0 Å². The van der Waals surface area contributed by atoms with Crippen LogP contribution in [-0.4, -0.2) is 22.2 Å². The largest absolute Gasteiger partial charge is 0.480 e. The summed E-state index contributed by atoms with van der Waals surface area (Å²) in [7, 11) is 0. The molecule has 0 aliphatic carbocycles. The Morgan fingerprint density at radius 3 is 2.36 bits per heavy atom. The topological polar surface area (TPSA) is 62.5 Å². The summed E-state index contributed by atoms with van der Waals surface area (Å²) in [6.45, 7) is 0.251. The minimum absolute atomic E-state index is 0.0183. The van der Waals surface area contributed by atoms with E-state index in [-0.39, 0.29) is 35.4 Å². The number of anilines is 1. The van der Waals surface area contributed by atoms with Gasteiger partial charge in [-0.15, -0.1) is 0 Å². The molecule has 1 aliphatic rings. The number of carbonyl (C=O) groups is 1. The van der Waals surface area contributed by atoms with E-state index in [1.165, 1.54) is 10.6 Å². The van der Waals surface area contributed by atoms with Crippen LogP contribution in [0.1, 0.15) is 28.3 Å². The van der Waals surface area contributed by atoms with E-state index in [1.54, 1.807) is 11.0 Å². The molecule has 42 heavy (non-hydrogen) atoms. The molecule has 1 unspecified atom stereocenters. The molecular formula is C33H24BrF3N2O3. The third kappa shape index (κ3) is 4.98. The first-order chi connectivity index (χ1) is 20.1. The molecule has 0 saturated carbocycles. The van der Waals surface area contributed by atoms with Crippen molar-refractivity contribution in [3.05, 3.63) is 134 Å². The average Bonchev–Trinajstić information content (AvgIpc) is 3.35. The molecule has 2 heterocycles. The number of nitrogens with zero attached hydrogens (tertiary/aromatic N) is 2. The molecule has 1 aromatic heterocycles. The number of benzene rings is 4. The second-order valence-electron chi connectivity index (χ2n) is 10.3. The smallest absolute Gasteiger partial charge is 0.416 e. The summed E-state index contributed by atoms with van der Waals surface area (Å²) in [5, 5.41) is 12.1. The molecular weight excluding hydrogens is 609 g/mol. The van der Waals surface area contributed by atoms with Gasteiger partial charge in [-0.1, -0.05) is 84.9 Å². The highest BCUT2D eigenvalue weighted by atomic mass is 79.9. The van der Waals surface area contributed by atoms with Crippen molar-refractivity contribution in [2.45, 2.75) is 25.2 Å². The Kier molecular flexibility index (Phi) is 7.14. The molecule has 0 bridgehead atoms. The van der Waals surface area contributed by atoms with Crippen molar-refractivity contribution >= 4 is 38.5 Å². The van der Waals surface area contributed by atoms with Gasteiger partial charge in [-0.05, 0) is 61.1 Å². The third-order valence-corrected chi connectivity index (χ3v) is 8.47. The summed E-state index contributed by atoms with van der Waals surface area (Å²) in [6, 6.07) is 26.7. The fourth-order valence-electron chi connectivity index (χ4n) is 5.76. The molecule has 0 spiro atoms. The van der Waals surface area contributed by atoms with E-state index in [9.17, 15) is 27.9 Å². The number of pyridine rings is 1. The van der Waals surface area contributed by atoms with Crippen LogP contribution in [0.3, 0.4) is 0 Å².